The fraction of sp³-hybridized carbons (Fsp3) is 0.333. The first-order chi connectivity index (χ1) is 12.8. The average molecular weight is 373 g/mol. The molecule has 0 radical (unpaired) electrons. The summed E-state index contributed by atoms with van der Waals surface area (Å²) >= 11 is 0. The first-order valence-electron chi connectivity index (χ1n) is 8.42. The number of halogens is 2. The van der Waals surface area contributed by atoms with Gasteiger partial charge in [0.2, 0.25) is 5.91 Å². The molecule has 7 nitrogen and oxygen atoms in total. The maximum absolute atomic E-state index is 13.7. The molecule has 0 aromatic carbocycles. The first-order valence-corrected chi connectivity index (χ1v) is 8.42. The number of fused-ring (bicyclic) bond motifs is 1. The topological polar surface area (TPSA) is 81.9 Å². The van der Waals surface area contributed by atoms with Gasteiger partial charge < -0.3 is 10.1 Å². The van der Waals surface area contributed by atoms with Gasteiger partial charge in [-0.2, -0.15) is 13.9 Å². The average Bonchev–Trinajstić information content (AvgIpc) is 2.91. The molecule has 0 bridgehead atoms. The summed E-state index contributed by atoms with van der Waals surface area (Å²) < 4.78 is 34.2. The van der Waals surface area contributed by atoms with Crippen molar-refractivity contribution in [2.75, 3.05) is 18.5 Å². The summed E-state index contributed by atoms with van der Waals surface area (Å²) in [6, 6.07) is 6.07. The molecule has 1 aliphatic rings. The molecule has 4 rings (SSSR count). The lowest BCUT2D eigenvalue weighted by atomic mass is 10.0. The first kappa shape index (κ1) is 17.5. The maximum atomic E-state index is 13.7. The molecule has 3 aromatic rings. The molecule has 0 unspecified atom stereocenters. The Labute approximate surface area is 153 Å². The second-order valence-corrected chi connectivity index (χ2v) is 6.57. The lowest BCUT2D eigenvalue weighted by molar-refractivity contribution is -0.114. The van der Waals surface area contributed by atoms with Gasteiger partial charge in [-0.25, -0.2) is 14.6 Å². The molecule has 27 heavy (non-hydrogen) atoms. The highest BCUT2D eigenvalue weighted by Crippen LogP contribution is 2.32. The van der Waals surface area contributed by atoms with Crippen LogP contribution in [0.4, 0.5) is 14.6 Å². The molecule has 1 N–H and O–H groups in total. The zero-order chi connectivity index (χ0) is 19.2. The molecule has 4 heterocycles. The Morgan fingerprint density at radius 2 is 2.15 bits per heavy atom. The summed E-state index contributed by atoms with van der Waals surface area (Å²) in [6.45, 7) is 3.27. The summed E-state index contributed by atoms with van der Waals surface area (Å²) in [5.74, 6) is -2.59. The second kappa shape index (κ2) is 6.34. The molecule has 0 aliphatic carbocycles. The normalized spacial score (nSPS) is 15.0. The highest BCUT2D eigenvalue weighted by atomic mass is 19.3. The number of carbonyl (C=O) groups is 1. The number of ether oxygens (including phenoxy) is 1. The van der Waals surface area contributed by atoms with Crippen LogP contribution < -0.4 is 5.32 Å². The van der Waals surface area contributed by atoms with Crippen LogP contribution in [0.3, 0.4) is 0 Å². The van der Waals surface area contributed by atoms with E-state index >= 15 is 0 Å². The third-order valence-electron chi connectivity index (χ3n) is 4.32. The monoisotopic (exact) mass is 373 g/mol. The van der Waals surface area contributed by atoms with Gasteiger partial charge in [0.15, 0.2) is 5.82 Å². The van der Waals surface area contributed by atoms with Gasteiger partial charge in [-0.05, 0) is 12.1 Å². The molecule has 1 amide bonds. The number of nitrogens with zero attached hydrogens (tertiary/aromatic N) is 4. The smallest absolute Gasteiger partial charge is 0.287 e. The number of hydrogen-bond acceptors (Lipinski definition) is 5. The highest BCUT2D eigenvalue weighted by molar-refractivity contribution is 5.91. The van der Waals surface area contributed by atoms with E-state index in [2.05, 4.69) is 20.4 Å². The van der Waals surface area contributed by atoms with Crippen LogP contribution in [-0.4, -0.2) is 38.9 Å². The number of aromatic nitrogens is 4. The molecule has 140 valence electrons. The fourth-order valence-corrected chi connectivity index (χ4v) is 2.94. The van der Waals surface area contributed by atoms with Gasteiger partial charge in [-0.15, -0.1) is 0 Å². The predicted octanol–water partition coefficient (Wildman–Crippen LogP) is 3.00. The van der Waals surface area contributed by atoms with Crippen LogP contribution in [0.5, 0.6) is 0 Å². The Hall–Kier alpha value is -2.94. The van der Waals surface area contributed by atoms with Crippen molar-refractivity contribution in [1.82, 2.24) is 19.7 Å². The predicted molar refractivity (Wildman–Crippen MR) is 94.1 cm³/mol. The zero-order valence-electron chi connectivity index (χ0n) is 14.7. The molecular weight excluding hydrogens is 356 g/mol. The number of pyridine rings is 2. The summed E-state index contributed by atoms with van der Waals surface area (Å²) in [4.78, 5) is 19.7. The summed E-state index contributed by atoms with van der Waals surface area (Å²) in [5.41, 5.74) is 1.06. The van der Waals surface area contributed by atoms with Crippen molar-refractivity contribution >= 4 is 22.6 Å². The number of amides is 1. The van der Waals surface area contributed by atoms with Crippen molar-refractivity contribution in [3.8, 4) is 5.82 Å². The van der Waals surface area contributed by atoms with E-state index in [1.807, 2.05) is 0 Å². The Bertz CT molecular complexity index is 1020. The number of carbonyl (C=O) groups excluding carboxylic acids is 1. The molecule has 1 saturated heterocycles. The number of alkyl halides is 2. The van der Waals surface area contributed by atoms with Gasteiger partial charge in [0.25, 0.3) is 5.92 Å². The lowest BCUT2D eigenvalue weighted by Gasteiger charge is -2.24. The van der Waals surface area contributed by atoms with E-state index < -0.39 is 5.92 Å². The van der Waals surface area contributed by atoms with E-state index in [-0.39, 0.29) is 23.3 Å². The Balaban J connectivity index is 1.89. The van der Waals surface area contributed by atoms with Crippen LogP contribution in [-0.2, 0) is 15.5 Å². The van der Waals surface area contributed by atoms with Crippen molar-refractivity contribution in [3.63, 3.8) is 0 Å². The molecule has 0 saturated carbocycles. The van der Waals surface area contributed by atoms with Crippen LogP contribution in [0.1, 0.15) is 31.2 Å². The Morgan fingerprint density at radius 1 is 1.37 bits per heavy atom. The SMILES string of the molecule is CC(=O)Nc1cc2c(cn1)c(C1COC1)nn2-c1cccc(C(C)(F)F)n1. The standard InChI is InChI=1S/C18H17F2N5O2/c1-10(26)22-15-6-13-12(7-21-15)17(11-8-27-9-11)24-25(13)16-5-3-4-14(23-16)18(2,19)20/h3-7,11H,8-9H2,1-2H3,(H,21,22,26). The molecule has 0 atom stereocenters. The molecule has 3 aromatic heterocycles. The number of nitrogens with one attached hydrogen (secondary N) is 1. The number of rotatable bonds is 4. The minimum atomic E-state index is -3.06. The molecular formula is C18H17F2N5O2. The third-order valence-corrected chi connectivity index (χ3v) is 4.32. The van der Waals surface area contributed by atoms with Crippen molar-refractivity contribution in [2.24, 2.45) is 0 Å². The van der Waals surface area contributed by atoms with Crippen molar-refractivity contribution in [3.05, 3.63) is 41.9 Å². The number of hydrogen-bond donors (Lipinski definition) is 1. The van der Waals surface area contributed by atoms with Crippen LogP contribution >= 0.6 is 0 Å². The van der Waals surface area contributed by atoms with Crippen molar-refractivity contribution < 1.29 is 18.3 Å². The van der Waals surface area contributed by atoms with Gasteiger partial charge >= 0.3 is 0 Å². The van der Waals surface area contributed by atoms with Crippen LogP contribution in [0.15, 0.2) is 30.5 Å². The van der Waals surface area contributed by atoms with E-state index in [4.69, 9.17) is 4.74 Å². The van der Waals surface area contributed by atoms with Gasteiger partial charge in [-0.1, -0.05) is 6.07 Å². The fourth-order valence-electron chi connectivity index (χ4n) is 2.94. The third kappa shape index (κ3) is 3.25. The minimum absolute atomic E-state index is 0.109. The van der Waals surface area contributed by atoms with E-state index in [0.29, 0.717) is 24.5 Å². The molecule has 0 spiro atoms. The van der Waals surface area contributed by atoms with E-state index in [1.54, 1.807) is 18.3 Å². The van der Waals surface area contributed by atoms with Crippen LogP contribution in [0.2, 0.25) is 0 Å². The summed E-state index contributed by atoms with van der Waals surface area (Å²) in [5, 5.41) is 7.99. The van der Waals surface area contributed by atoms with Gasteiger partial charge in [0.05, 0.1) is 30.3 Å². The molecule has 1 fully saturated rings. The quantitative estimate of drug-likeness (QED) is 0.760. The largest absolute Gasteiger partial charge is 0.380 e. The minimum Gasteiger partial charge on any atom is -0.380 e. The maximum Gasteiger partial charge on any atom is 0.287 e. The summed E-state index contributed by atoms with van der Waals surface area (Å²) in [6.07, 6.45) is 1.62. The second-order valence-electron chi connectivity index (χ2n) is 6.57. The summed E-state index contributed by atoms with van der Waals surface area (Å²) in [7, 11) is 0. The number of anilines is 1. The molecule has 1 aliphatic heterocycles. The zero-order valence-corrected chi connectivity index (χ0v) is 14.7. The van der Waals surface area contributed by atoms with E-state index in [9.17, 15) is 13.6 Å². The Morgan fingerprint density at radius 3 is 2.78 bits per heavy atom. The van der Waals surface area contributed by atoms with Gasteiger partial charge in [0, 0.05) is 31.5 Å². The van der Waals surface area contributed by atoms with Crippen LogP contribution in [0.25, 0.3) is 16.7 Å². The van der Waals surface area contributed by atoms with E-state index in [0.717, 1.165) is 18.0 Å². The van der Waals surface area contributed by atoms with Crippen LogP contribution in [0, 0.1) is 0 Å². The van der Waals surface area contributed by atoms with Gasteiger partial charge in [-0.3, -0.25) is 4.79 Å². The van der Waals surface area contributed by atoms with Gasteiger partial charge in [0.1, 0.15) is 11.5 Å². The molecule has 9 heteroatoms. The van der Waals surface area contributed by atoms with Crippen molar-refractivity contribution in [1.29, 1.82) is 0 Å². The Kier molecular flexibility index (Phi) is 4.11. The lowest BCUT2D eigenvalue weighted by Crippen LogP contribution is -2.25. The highest BCUT2D eigenvalue weighted by Gasteiger charge is 2.29. The van der Waals surface area contributed by atoms with E-state index in [1.165, 1.54) is 23.7 Å². The van der Waals surface area contributed by atoms with Crippen molar-refractivity contribution in [2.45, 2.75) is 25.7 Å².